The van der Waals surface area contributed by atoms with E-state index >= 15 is 0 Å². The van der Waals surface area contributed by atoms with E-state index in [0.29, 0.717) is 12.1 Å². The monoisotopic (exact) mass is 268 g/mol. The lowest BCUT2D eigenvalue weighted by Crippen LogP contribution is -2.15. The van der Waals surface area contributed by atoms with Crippen molar-refractivity contribution in [3.8, 4) is 0 Å². The van der Waals surface area contributed by atoms with E-state index in [4.69, 9.17) is 11.6 Å². The van der Waals surface area contributed by atoms with E-state index in [0.717, 1.165) is 13.2 Å². The van der Waals surface area contributed by atoms with Gasteiger partial charge in [-0.15, -0.1) is 0 Å². The molecule has 1 aromatic carbocycles. The highest BCUT2D eigenvalue weighted by Gasteiger charge is 2.32. The molecule has 0 aromatic heterocycles. The number of hydrogen-bond donors (Lipinski definition) is 1. The first-order chi connectivity index (χ1) is 7.75. The number of aliphatic hydroxyl groups excluding tert-OH is 1. The molecule has 0 aliphatic heterocycles. The largest absolute Gasteiger partial charge is 0.467 e. The summed E-state index contributed by atoms with van der Waals surface area (Å²) in [5, 5.41) is 9.18. The molecular weight excluding hydrogens is 261 g/mol. The SMILES string of the molecule is COC(=O)C(O)c1cc(Cl)cc(C(F)(F)F)c1. The highest BCUT2D eigenvalue weighted by Crippen LogP contribution is 2.33. The van der Waals surface area contributed by atoms with Crippen LogP contribution in [0.15, 0.2) is 18.2 Å². The Morgan fingerprint density at radius 2 is 2.00 bits per heavy atom. The van der Waals surface area contributed by atoms with Crippen LogP contribution in [0.25, 0.3) is 0 Å². The summed E-state index contributed by atoms with van der Waals surface area (Å²) in [4.78, 5) is 11.0. The maximum atomic E-state index is 12.4. The average molecular weight is 269 g/mol. The first-order valence-electron chi connectivity index (χ1n) is 4.39. The van der Waals surface area contributed by atoms with E-state index in [-0.39, 0.29) is 10.6 Å². The van der Waals surface area contributed by atoms with Crippen LogP contribution in [0.3, 0.4) is 0 Å². The highest BCUT2D eigenvalue weighted by atomic mass is 35.5. The van der Waals surface area contributed by atoms with Crippen molar-refractivity contribution in [1.82, 2.24) is 0 Å². The Hall–Kier alpha value is -1.27. The summed E-state index contributed by atoms with van der Waals surface area (Å²) >= 11 is 5.48. The zero-order valence-corrected chi connectivity index (χ0v) is 9.34. The molecule has 0 spiro atoms. The van der Waals surface area contributed by atoms with Crippen LogP contribution in [0, 0.1) is 0 Å². The summed E-state index contributed by atoms with van der Waals surface area (Å²) in [5.74, 6) is -1.06. The van der Waals surface area contributed by atoms with Crippen molar-refractivity contribution in [2.75, 3.05) is 7.11 Å². The standard InChI is InChI=1S/C10H8ClF3O3/c1-17-9(16)8(15)5-2-6(10(12,13)14)4-7(11)3-5/h2-4,8,15H,1H3. The second-order valence-corrected chi connectivity index (χ2v) is 3.63. The van der Waals surface area contributed by atoms with E-state index in [1.807, 2.05) is 0 Å². The first kappa shape index (κ1) is 13.8. The number of methoxy groups -OCH3 is 1. The van der Waals surface area contributed by atoms with E-state index in [9.17, 15) is 23.1 Å². The highest BCUT2D eigenvalue weighted by molar-refractivity contribution is 6.30. The molecule has 0 bridgehead atoms. The van der Waals surface area contributed by atoms with Gasteiger partial charge in [0, 0.05) is 5.02 Å². The summed E-state index contributed by atoms with van der Waals surface area (Å²) in [7, 11) is 1.01. The number of hydrogen-bond acceptors (Lipinski definition) is 3. The lowest BCUT2D eigenvalue weighted by Gasteiger charge is -2.12. The average Bonchev–Trinajstić information content (AvgIpc) is 2.25. The number of alkyl halides is 3. The molecule has 7 heteroatoms. The third kappa shape index (κ3) is 3.34. The van der Waals surface area contributed by atoms with Gasteiger partial charge in [0.25, 0.3) is 0 Å². The maximum absolute atomic E-state index is 12.4. The van der Waals surface area contributed by atoms with Crippen molar-refractivity contribution in [2.45, 2.75) is 12.3 Å². The fourth-order valence-corrected chi connectivity index (χ4v) is 1.43. The van der Waals surface area contributed by atoms with Crippen molar-refractivity contribution >= 4 is 17.6 Å². The Labute approximate surface area is 99.8 Å². The van der Waals surface area contributed by atoms with Crippen LogP contribution in [-0.4, -0.2) is 18.2 Å². The van der Waals surface area contributed by atoms with Crippen molar-refractivity contribution in [2.24, 2.45) is 0 Å². The first-order valence-corrected chi connectivity index (χ1v) is 4.77. The number of rotatable bonds is 2. The van der Waals surface area contributed by atoms with Crippen LogP contribution in [-0.2, 0) is 15.7 Å². The molecule has 0 saturated carbocycles. The lowest BCUT2D eigenvalue weighted by molar-refractivity contribution is -0.151. The van der Waals surface area contributed by atoms with Crippen LogP contribution in [0.2, 0.25) is 5.02 Å². The summed E-state index contributed by atoms with van der Waals surface area (Å²) in [6, 6.07) is 2.42. The van der Waals surface area contributed by atoms with Gasteiger partial charge in [0.05, 0.1) is 12.7 Å². The third-order valence-corrected chi connectivity index (χ3v) is 2.21. The molecule has 0 aliphatic rings. The molecule has 0 amide bonds. The fourth-order valence-electron chi connectivity index (χ4n) is 1.18. The van der Waals surface area contributed by atoms with Crippen LogP contribution in [0.4, 0.5) is 13.2 Å². The number of halogens is 4. The van der Waals surface area contributed by atoms with Gasteiger partial charge in [-0.3, -0.25) is 0 Å². The van der Waals surface area contributed by atoms with Crippen LogP contribution in [0.1, 0.15) is 17.2 Å². The second kappa shape index (κ2) is 4.93. The lowest BCUT2D eigenvalue weighted by atomic mass is 10.1. The van der Waals surface area contributed by atoms with Gasteiger partial charge in [0.1, 0.15) is 0 Å². The molecule has 17 heavy (non-hydrogen) atoms. The topological polar surface area (TPSA) is 46.5 Å². The van der Waals surface area contributed by atoms with Gasteiger partial charge in [-0.1, -0.05) is 11.6 Å². The Kier molecular flexibility index (Phi) is 4.00. The van der Waals surface area contributed by atoms with Crippen molar-refractivity contribution < 1.29 is 27.8 Å². The minimum atomic E-state index is -4.60. The normalized spacial score (nSPS) is 13.3. The van der Waals surface area contributed by atoms with E-state index in [1.54, 1.807) is 0 Å². The molecule has 1 aromatic rings. The fraction of sp³-hybridized carbons (Fsp3) is 0.300. The summed E-state index contributed by atoms with van der Waals surface area (Å²) in [6.07, 6.45) is -6.39. The van der Waals surface area contributed by atoms with Gasteiger partial charge in [-0.05, 0) is 23.8 Å². The maximum Gasteiger partial charge on any atom is 0.416 e. The van der Waals surface area contributed by atoms with Crippen molar-refractivity contribution in [3.63, 3.8) is 0 Å². The second-order valence-electron chi connectivity index (χ2n) is 3.20. The molecule has 0 heterocycles. The summed E-state index contributed by atoms with van der Waals surface area (Å²) in [5.41, 5.74) is -1.31. The zero-order chi connectivity index (χ0) is 13.2. The molecule has 1 unspecified atom stereocenters. The molecule has 1 rings (SSSR count). The van der Waals surface area contributed by atoms with Crippen molar-refractivity contribution in [1.29, 1.82) is 0 Å². The molecule has 1 N–H and O–H groups in total. The minimum absolute atomic E-state index is 0.224. The molecule has 0 fully saturated rings. The molecule has 0 saturated heterocycles. The van der Waals surface area contributed by atoms with Gasteiger partial charge in [-0.25, -0.2) is 4.79 Å². The van der Waals surface area contributed by atoms with E-state index in [1.165, 1.54) is 0 Å². The molecule has 3 nitrogen and oxygen atoms in total. The van der Waals surface area contributed by atoms with Gasteiger partial charge < -0.3 is 9.84 Å². The summed E-state index contributed by atoms with van der Waals surface area (Å²) < 4.78 is 41.5. The summed E-state index contributed by atoms with van der Waals surface area (Å²) in [6.45, 7) is 0. The molecular formula is C10H8ClF3O3. The van der Waals surface area contributed by atoms with E-state index in [2.05, 4.69) is 4.74 Å². The van der Waals surface area contributed by atoms with Gasteiger partial charge in [0.15, 0.2) is 6.10 Å². The molecule has 1 atom stereocenters. The Morgan fingerprint density at radius 3 is 2.47 bits per heavy atom. The molecule has 0 aliphatic carbocycles. The predicted octanol–water partition coefficient (Wildman–Crippen LogP) is 2.57. The number of carbonyl (C=O) groups excluding carboxylic acids is 1. The minimum Gasteiger partial charge on any atom is -0.467 e. The van der Waals surface area contributed by atoms with Crippen molar-refractivity contribution in [3.05, 3.63) is 34.3 Å². The third-order valence-electron chi connectivity index (χ3n) is 1.99. The Bertz CT molecular complexity index is 431. The molecule has 0 radical (unpaired) electrons. The van der Waals surface area contributed by atoms with Crippen LogP contribution in [0.5, 0.6) is 0 Å². The smallest absolute Gasteiger partial charge is 0.416 e. The molecule has 94 valence electrons. The number of esters is 1. The van der Waals surface area contributed by atoms with Crippen LogP contribution >= 0.6 is 11.6 Å². The van der Waals surface area contributed by atoms with Gasteiger partial charge in [0.2, 0.25) is 0 Å². The number of carbonyl (C=O) groups is 1. The number of aliphatic hydroxyl groups is 1. The van der Waals surface area contributed by atoms with Gasteiger partial charge >= 0.3 is 12.1 Å². The zero-order valence-electron chi connectivity index (χ0n) is 8.58. The Balaban J connectivity index is 3.18. The van der Waals surface area contributed by atoms with Gasteiger partial charge in [-0.2, -0.15) is 13.2 Å². The predicted molar refractivity (Wildman–Crippen MR) is 53.4 cm³/mol. The Morgan fingerprint density at radius 1 is 1.41 bits per heavy atom. The van der Waals surface area contributed by atoms with E-state index < -0.39 is 23.8 Å². The van der Waals surface area contributed by atoms with Crippen LogP contribution < -0.4 is 0 Å². The quantitative estimate of drug-likeness (QED) is 0.839. The number of ether oxygens (including phenoxy) is 1. The number of benzene rings is 1.